The summed E-state index contributed by atoms with van der Waals surface area (Å²) in [5.74, 6) is 0. The topological polar surface area (TPSA) is 34.1 Å². The molecule has 0 atom stereocenters. The molecule has 2 nitrogen and oxygen atoms in total. The molecule has 0 heterocycles. The van der Waals surface area contributed by atoms with Crippen molar-refractivity contribution in [1.82, 2.24) is 0 Å². The molecule has 0 spiro atoms. The maximum atomic E-state index is 9.08. The fraction of sp³-hybridized carbons (Fsp3) is 0. The first-order valence-electron chi connectivity index (χ1n) is 0.762. The molecule has 5 heavy (non-hydrogen) atoms. The number of hydrogen-bond acceptors (Lipinski definition) is 2. The number of rotatable bonds is 0. The van der Waals surface area contributed by atoms with E-state index in [0.29, 0.717) is 0 Å². The van der Waals surface area contributed by atoms with Crippen molar-refractivity contribution < 1.29 is 26.1 Å². The molecule has 0 fully saturated rings. The van der Waals surface area contributed by atoms with Gasteiger partial charge < -0.3 is 0 Å². The molecule has 0 unspecified atom stereocenters. The summed E-state index contributed by atoms with van der Waals surface area (Å²) >= 11 is -1.18. The molecule has 0 aromatic rings. The molecule has 0 amide bonds. The minimum absolute atomic E-state index is 1.18. The SMILES string of the molecule is O=[C]=[Os+2]=[C]=O. The van der Waals surface area contributed by atoms with E-state index in [-0.39, 0.29) is 0 Å². The summed E-state index contributed by atoms with van der Waals surface area (Å²) in [5, 5.41) is 0. The van der Waals surface area contributed by atoms with Gasteiger partial charge in [-0.2, -0.15) is 0 Å². The van der Waals surface area contributed by atoms with Crippen LogP contribution in [0.15, 0.2) is 0 Å². The van der Waals surface area contributed by atoms with Gasteiger partial charge >= 0.3 is 35.0 Å². The average molecular weight is 246 g/mol. The molecule has 0 aliphatic rings. The van der Waals surface area contributed by atoms with Crippen LogP contribution in [0.1, 0.15) is 0 Å². The van der Waals surface area contributed by atoms with E-state index in [4.69, 9.17) is 9.59 Å². The van der Waals surface area contributed by atoms with Crippen molar-refractivity contribution >= 4 is 8.87 Å². The summed E-state index contributed by atoms with van der Waals surface area (Å²) in [4.78, 5) is 18.2. The molecule has 0 N–H and O–H groups in total. The maximum absolute atomic E-state index is 9.08. The Hall–Kier alpha value is -0.204. The molecule has 26 valence electrons. The van der Waals surface area contributed by atoms with Crippen molar-refractivity contribution in [3.8, 4) is 0 Å². The van der Waals surface area contributed by atoms with Crippen molar-refractivity contribution in [3.63, 3.8) is 0 Å². The average Bonchev–Trinajstić information content (AvgIpc) is 1.41. The van der Waals surface area contributed by atoms with Crippen LogP contribution >= 0.6 is 0 Å². The first kappa shape index (κ1) is 4.80. The second kappa shape index (κ2) is 3.80. The van der Waals surface area contributed by atoms with E-state index in [2.05, 4.69) is 0 Å². The normalized spacial score (nSPS) is 4.00. The summed E-state index contributed by atoms with van der Waals surface area (Å²) in [7, 11) is 0. The van der Waals surface area contributed by atoms with Crippen molar-refractivity contribution in [2.75, 3.05) is 0 Å². The zero-order chi connectivity index (χ0) is 4.12. The van der Waals surface area contributed by atoms with E-state index in [1.807, 2.05) is 0 Å². The molecule has 0 saturated heterocycles. The van der Waals surface area contributed by atoms with Crippen LogP contribution in [0.2, 0.25) is 0 Å². The van der Waals surface area contributed by atoms with E-state index >= 15 is 0 Å². The first-order chi connectivity index (χ1) is 2.41. The van der Waals surface area contributed by atoms with Gasteiger partial charge in [-0.25, -0.2) is 0 Å². The third kappa shape index (κ3) is 3.80. The molecule has 0 aliphatic carbocycles. The molecule has 0 radical (unpaired) electrons. The first-order valence-corrected chi connectivity index (χ1v) is 3.30. The third-order valence-corrected chi connectivity index (χ3v) is 0.591. The van der Waals surface area contributed by atoms with Gasteiger partial charge in [-0.05, 0) is 0 Å². The Labute approximate surface area is 35.6 Å². The van der Waals surface area contributed by atoms with Crippen LogP contribution < -0.4 is 0 Å². The van der Waals surface area contributed by atoms with Gasteiger partial charge in [-0.15, -0.1) is 0 Å². The zero-order valence-electron chi connectivity index (χ0n) is 2.17. The zero-order valence-corrected chi connectivity index (χ0v) is 4.71. The Kier molecular flexibility index (Phi) is 3.64. The number of carbonyl (C=O) groups excluding carboxylic acids is 2. The van der Waals surface area contributed by atoms with Crippen molar-refractivity contribution in [2.45, 2.75) is 0 Å². The molecule has 0 saturated carbocycles. The summed E-state index contributed by atoms with van der Waals surface area (Å²) in [6.45, 7) is 0. The van der Waals surface area contributed by atoms with Gasteiger partial charge in [0.05, 0.1) is 0 Å². The fourth-order valence-corrected chi connectivity index (χ4v) is 0.121. The third-order valence-electron chi connectivity index (χ3n) is 0.0722. The van der Waals surface area contributed by atoms with Gasteiger partial charge in [0.2, 0.25) is 0 Å². The predicted octanol–water partition coefficient (Wildman–Crippen LogP) is -0.797. The van der Waals surface area contributed by atoms with E-state index < -0.39 is 16.5 Å². The van der Waals surface area contributed by atoms with Crippen molar-refractivity contribution in [2.24, 2.45) is 0 Å². The Bertz CT molecular complexity index is 99.6. The predicted molar refractivity (Wildman–Crippen MR) is 11.4 cm³/mol. The van der Waals surface area contributed by atoms with Gasteiger partial charge in [0.25, 0.3) is 0 Å². The molecule has 3 heteroatoms. The molecule has 0 aromatic carbocycles. The van der Waals surface area contributed by atoms with Gasteiger partial charge in [0, 0.05) is 0 Å². The van der Waals surface area contributed by atoms with Crippen molar-refractivity contribution in [1.29, 1.82) is 0 Å². The standard InChI is InChI=1S/2CO.Os/c2*1-2;/q;;+2. The van der Waals surface area contributed by atoms with Crippen LogP contribution in [-0.4, -0.2) is 8.87 Å². The second-order valence-corrected chi connectivity index (χ2v) is 1.90. The summed E-state index contributed by atoms with van der Waals surface area (Å²) in [6, 6.07) is 0. The van der Waals surface area contributed by atoms with E-state index in [0.717, 1.165) is 0 Å². The summed E-state index contributed by atoms with van der Waals surface area (Å²) in [6.07, 6.45) is 0. The fourth-order valence-electron chi connectivity index (χ4n) is 0.0147. The summed E-state index contributed by atoms with van der Waals surface area (Å²) in [5.41, 5.74) is 0. The quantitative estimate of drug-likeness (QED) is 0.561. The van der Waals surface area contributed by atoms with Crippen LogP contribution in [0, 0.1) is 0 Å². The van der Waals surface area contributed by atoms with Crippen LogP contribution in [0.25, 0.3) is 0 Å². The number of hydrogen-bond donors (Lipinski definition) is 0. The van der Waals surface area contributed by atoms with Gasteiger partial charge in [0.1, 0.15) is 0 Å². The van der Waals surface area contributed by atoms with E-state index in [1.54, 1.807) is 0 Å². The van der Waals surface area contributed by atoms with Gasteiger partial charge in [-0.1, -0.05) is 0 Å². The molecule has 0 aliphatic heterocycles. The van der Waals surface area contributed by atoms with Gasteiger partial charge in [-0.3, -0.25) is 0 Å². The molecule has 0 rings (SSSR count). The van der Waals surface area contributed by atoms with Crippen LogP contribution in [0.3, 0.4) is 0 Å². The van der Waals surface area contributed by atoms with Gasteiger partial charge in [0.15, 0.2) is 0 Å². The summed E-state index contributed by atoms with van der Waals surface area (Å²) < 4.78 is 2.97. The van der Waals surface area contributed by atoms with E-state index in [1.165, 1.54) is 8.87 Å². The van der Waals surface area contributed by atoms with Crippen molar-refractivity contribution in [3.05, 3.63) is 0 Å². The van der Waals surface area contributed by atoms with Crippen LogP contribution in [0.5, 0.6) is 0 Å². The Balaban J connectivity index is 4.38. The Morgan fingerprint density at radius 2 is 1.60 bits per heavy atom. The van der Waals surface area contributed by atoms with Crippen LogP contribution in [-0.2, 0) is 26.1 Å². The molecular formula is C2O2Os+2. The van der Waals surface area contributed by atoms with E-state index in [9.17, 15) is 0 Å². The monoisotopic (exact) mass is 248 g/mol. The second-order valence-electron chi connectivity index (χ2n) is 0.233. The molecule has 0 bridgehead atoms. The molecular weight excluding hydrogens is 246 g/mol. The minimum atomic E-state index is -1.18. The van der Waals surface area contributed by atoms with Crippen LogP contribution in [0.4, 0.5) is 0 Å². The Morgan fingerprint density at radius 3 is 1.60 bits per heavy atom. The Morgan fingerprint density at radius 1 is 1.20 bits per heavy atom. The molecule has 0 aromatic heterocycles.